The molecule has 1 aliphatic heterocycles. The van der Waals surface area contributed by atoms with Crippen LogP contribution in [0.3, 0.4) is 0 Å². The third-order valence-electron chi connectivity index (χ3n) is 3.96. The van der Waals surface area contributed by atoms with E-state index < -0.39 is 6.04 Å². The molecule has 3 N–H and O–H groups in total. The van der Waals surface area contributed by atoms with Crippen LogP contribution in [-0.2, 0) is 22.7 Å². The lowest BCUT2D eigenvalue weighted by Gasteiger charge is -2.20. The van der Waals surface area contributed by atoms with Crippen LogP contribution in [0.15, 0.2) is 24.3 Å². The summed E-state index contributed by atoms with van der Waals surface area (Å²) in [7, 11) is 0. The highest BCUT2D eigenvalue weighted by molar-refractivity contribution is 5.87. The maximum Gasteiger partial charge on any atom is 0.315 e. The Morgan fingerprint density at radius 3 is 2.80 bits per heavy atom. The van der Waals surface area contributed by atoms with Crippen LogP contribution >= 0.6 is 0 Å². The second kappa shape index (κ2) is 8.85. The zero-order chi connectivity index (χ0) is 18.3. The molecule has 1 aromatic carbocycles. The zero-order valence-corrected chi connectivity index (χ0v) is 15.4. The van der Waals surface area contributed by atoms with E-state index in [9.17, 15) is 9.59 Å². The summed E-state index contributed by atoms with van der Waals surface area (Å²) in [5, 5.41) is 8.38. The van der Waals surface area contributed by atoms with Gasteiger partial charge in [0, 0.05) is 13.1 Å². The van der Waals surface area contributed by atoms with E-state index in [2.05, 4.69) is 16.0 Å². The van der Waals surface area contributed by atoms with Crippen LogP contribution in [0.1, 0.15) is 51.2 Å². The van der Waals surface area contributed by atoms with Crippen LogP contribution in [0.5, 0.6) is 0 Å². The molecule has 138 valence electrons. The molecule has 25 heavy (non-hydrogen) atoms. The number of benzene rings is 1. The van der Waals surface area contributed by atoms with E-state index >= 15 is 0 Å². The molecule has 0 saturated carbocycles. The zero-order valence-electron chi connectivity index (χ0n) is 15.4. The van der Waals surface area contributed by atoms with Crippen molar-refractivity contribution < 1.29 is 14.3 Å². The first kappa shape index (κ1) is 19.2. The normalized spacial score (nSPS) is 18.2. The van der Waals surface area contributed by atoms with E-state index in [1.807, 2.05) is 45.0 Å². The van der Waals surface area contributed by atoms with Crippen LogP contribution in [0.25, 0.3) is 0 Å². The summed E-state index contributed by atoms with van der Waals surface area (Å²) in [5.41, 5.74) is 1.88. The van der Waals surface area contributed by atoms with Crippen molar-refractivity contribution in [3.63, 3.8) is 0 Å². The summed E-state index contributed by atoms with van der Waals surface area (Å²) in [5.74, 6) is -0.103. The van der Waals surface area contributed by atoms with E-state index in [1.54, 1.807) is 0 Å². The first-order valence-corrected chi connectivity index (χ1v) is 8.87. The summed E-state index contributed by atoms with van der Waals surface area (Å²) in [4.78, 5) is 23.9. The Morgan fingerprint density at radius 1 is 1.28 bits per heavy atom. The Balaban J connectivity index is 1.82. The third-order valence-corrected chi connectivity index (χ3v) is 3.96. The molecule has 2 rings (SSSR count). The molecule has 1 aromatic rings. The molecule has 1 fully saturated rings. The molecule has 6 heteroatoms. The lowest BCUT2D eigenvalue weighted by molar-refractivity contribution is -0.122. The van der Waals surface area contributed by atoms with Gasteiger partial charge in [0.05, 0.1) is 12.2 Å². The van der Waals surface area contributed by atoms with Crippen molar-refractivity contribution in [2.75, 3.05) is 6.54 Å². The predicted molar refractivity (Wildman–Crippen MR) is 97.0 cm³/mol. The average Bonchev–Trinajstić information content (AvgIpc) is 2.76. The van der Waals surface area contributed by atoms with Gasteiger partial charge in [0.1, 0.15) is 6.04 Å². The smallest absolute Gasteiger partial charge is 0.315 e. The average molecular weight is 347 g/mol. The Morgan fingerprint density at radius 2 is 2.04 bits per heavy atom. The largest absolute Gasteiger partial charge is 0.371 e. The number of carbonyl (C=O) groups excluding carboxylic acids is 2. The van der Waals surface area contributed by atoms with Crippen molar-refractivity contribution >= 4 is 11.9 Å². The van der Waals surface area contributed by atoms with Crippen LogP contribution in [-0.4, -0.2) is 30.1 Å². The summed E-state index contributed by atoms with van der Waals surface area (Å²) >= 11 is 0. The number of urea groups is 1. The van der Waals surface area contributed by atoms with Gasteiger partial charge in [0.2, 0.25) is 5.91 Å². The molecule has 0 aliphatic carbocycles. The molecular weight excluding hydrogens is 318 g/mol. The van der Waals surface area contributed by atoms with E-state index in [4.69, 9.17) is 4.74 Å². The van der Waals surface area contributed by atoms with Gasteiger partial charge in [-0.3, -0.25) is 4.79 Å². The summed E-state index contributed by atoms with van der Waals surface area (Å²) in [6, 6.07) is 7.16. The predicted octanol–water partition coefficient (Wildman–Crippen LogP) is 2.47. The highest BCUT2D eigenvalue weighted by Crippen LogP contribution is 2.13. The van der Waals surface area contributed by atoms with Gasteiger partial charge in [-0.05, 0) is 51.2 Å². The molecule has 0 bridgehead atoms. The molecule has 0 unspecified atom stereocenters. The molecule has 1 saturated heterocycles. The molecule has 0 aromatic heterocycles. The lowest BCUT2D eigenvalue weighted by atomic mass is 10.1. The first-order chi connectivity index (χ1) is 11.8. The van der Waals surface area contributed by atoms with Gasteiger partial charge in [-0.15, -0.1) is 0 Å². The fourth-order valence-corrected chi connectivity index (χ4v) is 2.60. The van der Waals surface area contributed by atoms with E-state index in [0.717, 1.165) is 24.0 Å². The standard InChI is InChI=1S/C19H29N3O3/c1-19(2,3)25-13-15-8-6-7-14(11-15)12-21-18(24)22-16-9-4-5-10-20-17(16)23/h6-8,11,16H,4-5,9-10,12-13H2,1-3H3,(H,20,23)(H2,21,22,24)/t16-/m1/s1. The number of ether oxygens (including phenoxy) is 1. The molecule has 6 nitrogen and oxygen atoms in total. The Hall–Kier alpha value is -2.08. The van der Waals surface area contributed by atoms with Crippen molar-refractivity contribution in [1.82, 2.24) is 16.0 Å². The van der Waals surface area contributed by atoms with Crippen molar-refractivity contribution in [2.24, 2.45) is 0 Å². The first-order valence-electron chi connectivity index (χ1n) is 8.87. The molecule has 0 spiro atoms. The molecular formula is C19H29N3O3. The van der Waals surface area contributed by atoms with Crippen molar-refractivity contribution in [3.8, 4) is 0 Å². The molecule has 1 atom stereocenters. The van der Waals surface area contributed by atoms with Gasteiger partial charge in [-0.25, -0.2) is 4.79 Å². The minimum atomic E-state index is -0.450. The fraction of sp³-hybridized carbons (Fsp3) is 0.579. The van der Waals surface area contributed by atoms with Crippen molar-refractivity contribution in [1.29, 1.82) is 0 Å². The Kier molecular flexibility index (Phi) is 6.82. The minimum Gasteiger partial charge on any atom is -0.371 e. The van der Waals surface area contributed by atoms with E-state index in [-0.39, 0.29) is 17.5 Å². The number of hydrogen-bond donors (Lipinski definition) is 3. The Labute approximate surface area is 149 Å². The van der Waals surface area contributed by atoms with Crippen LogP contribution < -0.4 is 16.0 Å². The fourth-order valence-electron chi connectivity index (χ4n) is 2.60. The maximum atomic E-state index is 12.1. The van der Waals surface area contributed by atoms with Crippen LogP contribution in [0.4, 0.5) is 4.79 Å². The number of amides is 3. The van der Waals surface area contributed by atoms with Gasteiger partial charge >= 0.3 is 6.03 Å². The number of hydrogen-bond acceptors (Lipinski definition) is 3. The molecule has 1 heterocycles. The monoisotopic (exact) mass is 347 g/mol. The quantitative estimate of drug-likeness (QED) is 0.765. The second-order valence-corrected chi connectivity index (χ2v) is 7.39. The van der Waals surface area contributed by atoms with Gasteiger partial charge in [0.15, 0.2) is 0 Å². The number of nitrogens with one attached hydrogen (secondary N) is 3. The number of carbonyl (C=O) groups is 2. The van der Waals surface area contributed by atoms with E-state index in [0.29, 0.717) is 26.1 Å². The summed E-state index contributed by atoms with van der Waals surface area (Å²) in [6.07, 6.45) is 2.56. The van der Waals surface area contributed by atoms with Crippen molar-refractivity contribution in [2.45, 2.75) is 64.8 Å². The Bertz CT molecular complexity index is 596. The van der Waals surface area contributed by atoms with Gasteiger partial charge in [0.25, 0.3) is 0 Å². The van der Waals surface area contributed by atoms with E-state index in [1.165, 1.54) is 0 Å². The SMILES string of the molecule is CC(C)(C)OCc1cccc(CNC(=O)N[C@@H]2CCCCNC2=O)c1. The minimum absolute atomic E-state index is 0.103. The molecule has 0 radical (unpaired) electrons. The second-order valence-electron chi connectivity index (χ2n) is 7.39. The number of rotatable bonds is 5. The summed E-state index contributed by atoms with van der Waals surface area (Å²) < 4.78 is 5.78. The third kappa shape index (κ3) is 7.13. The maximum absolute atomic E-state index is 12.1. The highest BCUT2D eigenvalue weighted by atomic mass is 16.5. The summed E-state index contributed by atoms with van der Waals surface area (Å²) in [6.45, 7) is 7.68. The molecule has 3 amide bonds. The van der Waals surface area contributed by atoms with Crippen molar-refractivity contribution in [3.05, 3.63) is 35.4 Å². The van der Waals surface area contributed by atoms with Crippen LogP contribution in [0.2, 0.25) is 0 Å². The highest BCUT2D eigenvalue weighted by Gasteiger charge is 2.22. The van der Waals surface area contributed by atoms with Gasteiger partial charge in [-0.1, -0.05) is 24.3 Å². The van der Waals surface area contributed by atoms with Gasteiger partial charge in [-0.2, -0.15) is 0 Å². The lowest BCUT2D eigenvalue weighted by Crippen LogP contribution is -2.48. The topological polar surface area (TPSA) is 79.5 Å². The van der Waals surface area contributed by atoms with Gasteiger partial charge < -0.3 is 20.7 Å². The van der Waals surface area contributed by atoms with Crippen LogP contribution in [0, 0.1) is 0 Å². The molecule has 1 aliphatic rings.